The highest BCUT2D eigenvalue weighted by molar-refractivity contribution is 8.00. The zero-order valence-electron chi connectivity index (χ0n) is 9.43. The van der Waals surface area contributed by atoms with Gasteiger partial charge in [-0.3, -0.25) is 0 Å². The van der Waals surface area contributed by atoms with Crippen molar-refractivity contribution < 1.29 is 5.11 Å². The van der Waals surface area contributed by atoms with Crippen LogP contribution in [0.4, 0.5) is 0 Å². The zero-order chi connectivity index (χ0) is 11.0. The summed E-state index contributed by atoms with van der Waals surface area (Å²) in [5.41, 5.74) is 1.52. The van der Waals surface area contributed by atoms with Crippen molar-refractivity contribution in [1.29, 1.82) is 0 Å². The average Bonchev–Trinajstić information content (AvgIpc) is 2.84. The molecule has 1 aliphatic carbocycles. The summed E-state index contributed by atoms with van der Waals surface area (Å²) in [5.74, 6) is 0.766. The summed E-state index contributed by atoms with van der Waals surface area (Å²) in [4.78, 5) is 1.48. The molecule has 0 aromatic heterocycles. The quantitative estimate of drug-likeness (QED) is 0.847. The van der Waals surface area contributed by atoms with E-state index in [9.17, 15) is 5.11 Å². The van der Waals surface area contributed by atoms with Gasteiger partial charge in [-0.2, -0.15) is 0 Å². The molecule has 2 aliphatic rings. The molecule has 0 amide bonds. The van der Waals surface area contributed by atoms with Crippen molar-refractivity contribution in [3.8, 4) is 0 Å². The summed E-state index contributed by atoms with van der Waals surface area (Å²) in [5, 5.41) is 10.3. The summed E-state index contributed by atoms with van der Waals surface area (Å²) < 4.78 is 0. The molecule has 2 heteroatoms. The maximum Gasteiger partial charge on any atom is 0.0543 e. The zero-order valence-corrected chi connectivity index (χ0v) is 10.2. The van der Waals surface area contributed by atoms with E-state index in [4.69, 9.17) is 0 Å². The van der Waals surface area contributed by atoms with Gasteiger partial charge < -0.3 is 5.11 Å². The Morgan fingerprint density at radius 3 is 2.88 bits per heavy atom. The Morgan fingerprint density at radius 1 is 1.25 bits per heavy atom. The molecule has 1 aromatic rings. The number of fused-ring (bicyclic) bond motifs is 1. The number of hydrogen-bond acceptors (Lipinski definition) is 2. The van der Waals surface area contributed by atoms with Gasteiger partial charge in [0.2, 0.25) is 0 Å². The topological polar surface area (TPSA) is 20.2 Å². The second-order valence-electron chi connectivity index (χ2n) is 5.12. The van der Waals surface area contributed by atoms with Crippen LogP contribution in [0.25, 0.3) is 0 Å². The fraction of sp³-hybridized carbons (Fsp3) is 0.571. The van der Waals surface area contributed by atoms with Crippen molar-refractivity contribution in [2.75, 3.05) is 0 Å². The standard InChI is InChI=1S/C14H18OS/c15-12-6-5-10(7-12)8-13-9-11-3-1-2-4-14(11)16-13/h1-4,10,12-13,15H,5-9H2. The molecule has 0 radical (unpaired) electrons. The van der Waals surface area contributed by atoms with Gasteiger partial charge in [0.05, 0.1) is 6.10 Å². The molecular formula is C14H18OS. The maximum absolute atomic E-state index is 9.54. The molecule has 1 fully saturated rings. The van der Waals surface area contributed by atoms with Gasteiger partial charge in [-0.25, -0.2) is 0 Å². The lowest BCUT2D eigenvalue weighted by atomic mass is 9.98. The van der Waals surface area contributed by atoms with E-state index >= 15 is 0 Å². The Kier molecular flexibility index (Phi) is 2.95. The van der Waals surface area contributed by atoms with Gasteiger partial charge in [0.1, 0.15) is 0 Å². The minimum absolute atomic E-state index is 0.0150. The van der Waals surface area contributed by atoms with E-state index in [0.717, 1.165) is 24.0 Å². The van der Waals surface area contributed by atoms with E-state index < -0.39 is 0 Å². The molecule has 86 valence electrons. The van der Waals surface area contributed by atoms with E-state index in [1.807, 2.05) is 11.8 Å². The molecule has 0 bridgehead atoms. The van der Waals surface area contributed by atoms with Crippen molar-refractivity contribution in [3.05, 3.63) is 29.8 Å². The first kappa shape index (κ1) is 10.7. The number of thioether (sulfide) groups is 1. The molecule has 3 atom stereocenters. The van der Waals surface area contributed by atoms with Gasteiger partial charge >= 0.3 is 0 Å². The molecule has 1 aromatic carbocycles. The third kappa shape index (κ3) is 2.14. The summed E-state index contributed by atoms with van der Waals surface area (Å²) in [6, 6.07) is 8.77. The Morgan fingerprint density at radius 2 is 2.12 bits per heavy atom. The molecule has 1 heterocycles. The molecule has 0 saturated heterocycles. The summed E-state index contributed by atoms with van der Waals surface area (Å²) >= 11 is 2.04. The Hall–Kier alpha value is -0.470. The molecule has 1 N–H and O–H groups in total. The monoisotopic (exact) mass is 234 g/mol. The van der Waals surface area contributed by atoms with Crippen LogP contribution in [0.15, 0.2) is 29.2 Å². The number of rotatable bonds is 2. The van der Waals surface area contributed by atoms with E-state index in [2.05, 4.69) is 24.3 Å². The predicted molar refractivity (Wildman–Crippen MR) is 67.8 cm³/mol. The van der Waals surface area contributed by atoms with Gasteiger partial charge in [-0.1, -0.05) is 18.2 Å². The maximum atomic E-state index is 9.54. The van der Waals surface area contributed by atoms with E-state index in [-0.39, 0.29) is 6.10 Å². The van der Waals surface area contributed by atoms with Gasteiger partial charge in [0, 0.05) is 10.1 Å². The Labute approximate surface area is 101 Å². The SMILES string of the molecule is OC1CCC(CC2Cc3ccccc3S2)C1. The second-order valence-corrected chi connectivity index (χ2v) is 6.46. The van der Waals surface area contributed by atoms with E-state index in [1.54, 1.807) is 0 Å². The highest BCUT2D eigenvalue weighted by Crippen LogP contribution is 2.42. The smallest absolute Gasteiger partial charge is 0.0543 e. The molecule has 1 nitrogen and oxygen atoms in total. The minimum Gasteiger partial charge on any atom is -0.393 e. The van der Waals surface area contributed by atoms with Crippen LogP contribution in [-0.2, 0) is 6.42 Å². The summed E-state index contributed by atoms with van der Waals surface area (Å²) in [6.45, 7) is 0. The van der Waals surface area contributed by atoms with Crippen LogP contribution in [0.1, 0.15) is 31.2 Å². The highest BCUT2D eigenvalue weighted by Gasteiger charge is 2.29. The largest absolute Gasteiger partial charge is 0.393 e. The molecule has 1 saturated carbocycles. The van der Waals surface area contributed by atoms with Crippen molar-refractivity contribution >= 4 is 11.8 Å². The molecule has 3 rings (SSSR count). The number of aliphatic hydroxyl groups is 1. The van der Waals surface area contributed by atoms with Crippen molar-refractivity contribution in [1.82, 2.24) is 0 Å². The third-order valence-corrected chi connectivity index (χ3v) is 5.17. The fourth-order valence-corrected chi connectivity index (χ4v) is 4.47. The first-order chi connectivity index (χ1) is 7.81. The summed E-state index contributed by atoms with van der Waals surface area (Å²) in [6.07, 6.45) is 5.79. The van der Waals surface area contributed by atoms with E-state index in [1.165, 1.54) is 29.7 Å². The Bertz CT molecular complexity index is 352. The van der Waals surface area contributed by atoms with Crippen molar-refractivity contribution in [2.45, 2.75) is 48.4 Å². The first-order valence-electron chi connectivity index (χ1n) is 6.24. The number of aliphatic hydroxyl groups excluding tert-OH is 1. The summed E-state index contributed by atoms with van der Waals surface area (Å²) in [7, 11) is 0. The predicted octanol–water partition coefficient (Wildman–Crippen LogP) is 3.25. The van der Waals surface area contributed by atoms with Crippen LogP contribution in [-0.4, -0.2) is 16.5 Å². The third-order valence-electron chi connectivity index (χ3n) is 3.82. The van der Waals surface area contributed by atoms with Gasteiger partial charge in [0.25, 0.3) is 0 Å². The molecule has 3 unspecified atom stereocenters. The molecule has 16 heavy (non-hydrogen) atoms. The highest BCUT2D eigenvalue weighted by atomic mass is 32.2. The minimum atomic E-state index is -0.0150. The van der Waals surface area contributed by atoms with E-state index in [0.29, 0.717) is 0 Å². The van der Waals surface area contributed by atoms with Crippen LogP contribution >= 0.6 is 11.8 Å². The van der Waals surface area contributed by atoms with Crippen LogP contribution in [0, 0.1) is 5.92 Å². The normalized spacial score (nSPS) is 32.9. The van der Waals surface area contributed by atoms with Crippen LogP contribution < -0.4 is 0 Å². The number of hydrogen-bond donors (Lipinski definition) is 1. The van der Waals surface area contributed by atoms with Crippen molar-refractivity contribution in [2.24, 2.45) is 5.92 Å². The van der Waals surface area contributed by atoms with Crippen LogP contribution in [0.3, 0.4) is 0 Å². The second kappa shape index (κ2) is 4.42. The first-order valence-corrected chi connectivity index (χ1v) is 7.12. The molecule has 1 aliphatic heterocycles. The lowest BCUT2D eigenvalue weighted by molar-refractivity contribution is 0.177. The van der Waals surface area contributed by atoms with Gasteiger partial charge in [-0.15, -0.1) is 11.8 Å². The van der Waals surface area contributed by atoms with Gasteiger partial charge in [0.15, 0.2) is 0 Å². The lowest BCUT2D eigenvalue weighted by Crippen LogP contribution is -2.09. The number of benzene rings is 1. The lowest BCUT2D eigenvalue weighted by Gasteiger charge is -2.14. The average molecular weight is 234 g/mol. The van der Waals surface area contributed by atoms with Crippen molar-refractivity contribution in [3.63, 3.8) is 0 Å². The van der Waals surface area contributed by atoms with Gasteiger partial charge in [-0.05, 0) is 49.7 Å². The van der Waals surface area contributed by atoms with Crippen LogP contribution in [0.5, 0.6) is 0 Å². The fourth-order valence-electron chi connectivity index (χ4n) is 3.02. The molecule has 0 spiro atoms. The molecular weight excluding hydrogens is 216 g/mol. The van der Waals surface area contributed by atoms with Crippen LogP contribution in [0.2, 0.25) is 0 Å². The Balaban J connectivity index is 1.60.